The second kappa shape index (κ2) is 6.41. The van der Waals surface area contributed by atoms with Gasteiger partial charge in [0.15, 0.2) is 0 Å². The van der Waals surface area contributed by atoms with Gasteiger partial charge in [-0.25, -0.2) is 0 Å². The minimum absolute atomic E-state index is 0.605. The summed E-state index contributed by atoms with van der Waals surface area (Å²) in [6.45, 7) is 12.0. The topological polar surface area (TPSA) is 40.5 Å². The van der Waals surface area contributed by atoms with E-state index in [0.717, 1.165) is 12.8 Å². The van der Waals surface area contributed by atoms with Crippen molar-refractivity contribution in [2.75, 3.05) is 0 Å². The summed E-state index contributed by atoms with van der Waals surface area (Å²) >= 11 is 0. The van der Waals surface area contributed by atoms with Crippen LogP contribution in [0.15, 0.2) is 12.2 Å². The van der Waals surface area contributed by atoms with Crippen molar-refractivity contribution in [1.29, 1.82) is 0 Å². The molecule has 2 nitrogen and oxygen atoms in total. The summed E-state index contributed by atoms with van der Waals surface area (Å²) in [6.07, 6.45) is 4.38. The van der Waals surface area contributed by atoms with Crippen molar-refractivity contribution in [3.63, 3.8) is 0 Å². The molecular weight excluding hydrogens is 200 g/mol. The van der Waals surface area contributed by atoms with E-state index in [-0.39, 0.29) is 0 Å². The van der Waals surface area contributed by atoms with Gasteiger partial charge < -0.3 is 10.2 Å². The lowest BCUT2D eigenvalue weighted by Gasteiger charge is -2.39. The molecule has 0 aromatic carbocycles. The first-order valence-corrected chi connectivity index (χ1v) is 6.54. The third kappa shape index (κ3) is 3.33. The molecule has 0 rings (SSSR count). The summed E-state index contributed by atoms with van der Waals surface area (Å²) in [5, 5.41) is 21.0. The molecule has 2 atom stereocenters. The van der Waals surface area contributed by atoms with Crippen LogP contribution in [0.25, 0.3) is 0 Å². The third-order valence-corrected chi connectivity index (χ3v) is 3.62. The molecule has 2 unspecified atom stereocenters. The van der Waals surface area contributed by atoms with E-state index in [1.54, 1.807) is 0 Å². The monoisotopic (exact) mass is 228 g/mol. The Hall–Kier alpha value is -0.340. The largest absolute Gasteiger partial charge is 0.385 e. The van der Waals surface area contributed by atoms with Crippen LogP contribution in [0.1, 0.15) is 66.2 Å². The maximum absolute atomic E-state index is 10.5. The van der Waals surface area contributed by atoms with Gasteiger partial charge in [-0.2, -0.15) is 0 Å². The van der Waals surface area contributed by atoms with Crippen molar-refractivity contribution in [3.05, 3.63) is 12.2 Å². The van der Waals surface area contributed by atoms with Gasteiger partial charge in [0.05, 0.1) is 11.2 Å². The van der Waals surface area contributed by atoms with Gasteiger partial charge in [0.25, 0.3) is 0 Å². The Morgan fingerprint density at radius 2 is 1.19 bits per heavy atom. The molecule has 0 aliphatic heterocycles. The predicted octanol–water partition coefficient (Wildman–Crippen LogP) is 3.43. The molecule has 0 saturated carbocycles. The standard InChI is InChI=1S/C14H28O2/c1-6-10-13(15,8-3)12(5)14(16,9-4)11-7-2/h15-16H,5-11H2,1-4H3. The number of rotatable bonds is 8. The molecule has 0 saturated heterocycles. The number of aliphatic hydroxyl groups is 2. The molecule has 0 fully saturated rings. The van der Waals surface area contributed by atoms with Gasteiger partial charge >= 0.3 is 0 Å². The Bertz CT molecular complexity index is 203. The van der Waals surface area contributed by atoms with E-state index in [9.17, 15) is 10.2 Å². The van der Waals surface area contributed by atoms with E-state index in [1.165, 1.54) is 0 Å². The van der Waals surface area contributed by atoms with E-state index in [1.807, 2.05) is 27.7 Å². The lowest BCUT2D eigenvalue weighted by molar-refractivity contribution is -0.0124. The molecule has 0 radical (unpaired) electrons. The Balaban J connectivity index is 4.96. The van der Waals surface area contributed by atoms with Crippen LogP contribution < -0.4 is 0 Å². The summed E-state index contributed by atoms with van der Waals surface area (Å²) in [6, 6.07) is 0. The highest BCUT2D eigenvalue weighted by Gasteiger charge is 2.39. The van der Waals surface area contributed by atoms with Gasteiger partial charge in [-0.1, -0.05) is 47.1 Å². The van der Waals surface area contributed by atoms with Gasteiger partial charge in [0.2, 0.25) is 0 Å². The first-order chi connectivity index (χ1) is 7.40. The predicted molar refractivity (Wildman–Crippen MR) is 69.4 cm³/mol. The number of hydrogen-bond acceptors (Lipinski definition) is 2. The van der Waals surface area contributed by atoms with Crippen LogP contribution in [0.5, 0.6) is 0 Å². The fraction of sp³-hybridized carbons (Fsp3) is 0.857. The number of hydrogen-bond donors (Lipinski definition) is 2. The van der Waals surface area contributed by atoms with E-state index in [0.29, 0.717) is 31.3 Å². The zero-order valence-corrected chi connectivity index (χ0v) is 11.3. The molecule has 0 heterocycles. The smallest absolute Gasteiger partial charge is 0.0878 e. The van der Waals surface area contributed by atoms with Crippen LogP contribution in [0, 0.1) is 0 Å². The highest BCUT2D eigenvalue weighted by Crippen LogP contribution is 2.37. The molecule has 2 heteroatoms. The maximum atomic E-state index is 10.5. The Morgan fingerprint density at radius 1 is 0.875 bits per heavy atom. The minimum Gasteiger partial charge on any atom is -0.385 e. The average Bonchev–Trinajstić information content (AvgIpc) is 2.28. The normalized spacial score (nSPS) is 18.9. The molecule has 0 amide bonds. The first-order valence-electron chi connectivity index (χ1n) is 6.54. The van der Waals surface area contributed by atoms with Crippen molar-refractivity contribution >= 4 is 0 Å². The summed E-state index contributed by atoms with van der Waals surface area (Å²) in [4.78, 5) is 0. The van der Waals surface area contributed by atoms with E-state index >= 15 is 0 Å². The Kier molecular flexibility index (Phi) is 6.27. The summed E-state index contributed by atoms with van der Waals surface area (Å²) in [7, 11) is 0. The van der Waals surface area contributed by atoms with Crippen molar-refractivity contribution in [3.8, 4) is 0 Å². The lowest BCUT2D eigenvalue weighted by atomic mass is 9.75. The van der Waals surface area contributed by atoms with Gasteiger partial charge in [-0.3, -0.25) is 0 Å². The molecule has 16 heavy (non-hydrogen) atoms. The molecule has 0 spiro atoms. The average molecular weight is 228 g/mol. The van der Waals surface area contributed by atoms with Crippen molar-refractivity contribution in [2.24, 2.45) is 0 Å². The van der Waals surface area contributed by atoms with Crippen LogP contribution in [-0.4, -0.2) is 21.4 Å². The molecule has 0 aromatic rings. The summed E-state index contributed by atoms with van der Waals surface area (Å²) in [5.41, 5.74) is -1.21. The van der Waals surface area contributed by atoms with Crippen LogP contribution in [-0.2, 0) is 0 Å². The molecule has 0 aliphatic carbocycles. The zero-order valence-electron chi connectivity index (χ0n) is 11.3. The molecule has 0 aliphatic rings. The lowest BCUT2D eigenvalue weighted by Crippen LogP contribution is -2.43. The van der Waals surface area contributed by atoms with Gasteiger partial charge in [0.1, 0.15) is 0 Å². The van der Waals surface area contributed by atoms with Gasteiger partial charge in [-0.05, 0) is 31.3 Å². The fourth-order valence-corrected chi connectivity index (χ4v) is 2.34. The zero-order chi connectivity index (χ0) is 12.8. The van der Waals surface area contributed by atoms with E-state index in [4.69, 9.17) is 0 Å². The SMILES string of the molecule is C=C(C(O)(CC)CCC)C(O)(CC)CCC. The highest BCUT2D eigenvalue weighted by atomic mass is 16.3. The van der Waals surface area contributed by atoms with Crippen LogP contribution >= 0.6 is 0 Å². The molecule has 96 valence electrons. The molecular formula is C14H28O2. The van der Waals surface area contributed by atoms with Crippen molar-refractivity contribution < 1.29 is 10.2 Å². The summed E-state index contributed by atoms with van der Waals surface area (Å²) < 4.78 is 0. The first kappa shape index (κ1) is 15.7. The van der Waals surface area contributed by atoms with Crippen molar-refractivity contribution in [1.82, 2.24) is 0 Å². The van der Waals surface area contributed by atoms with Gasteiger partial charge in [-0.15, -0.1) is 0 Å². The molecule has 0 aromatic heterocycles. The van der Waals surface area contributed by atoms with Crippen LogP contribution in [0.2, 0.25) is 0 Å². The minimum atomic E-state index is -0.908. The third-order valence-electron chi connectivity index (χ3n) is 3.62. The maximum Gasteiger partial charge on any atom is 0.0878 e. The Morgan fingerprint density at radius 3 is 1.38 bits per heavy atom. The van der Waals surface area contributed by atoms with E-state index in [2.05, 4.69) is 6.58 Å². The second-order valence-corrected chi connectivity index (χ2v) is 4.75. The van der Waals surface area contributed by atoms with Crippen molar-refractivity contribution in [2.45, 2.75) is 77.4 Å². The van der Waals surface area contributed by atoms with Gasteiger partial charge in [0, 0.05) is 0 Å². The summed E-state index contributed by atoms with van der Waals surface area (Å²) in [5.74, 6) is 0. The fourth-order valence-electron chi connectivity index (χ4n) is 2.34. The van der Waals surface area contributed by atoms with Crippen LogP contribution in [0.4, 0.5) is 0 Å². The quantitative estimate of drug-likeness (QED) is 0.625. The molecule has 2 N–H and O–H groups in total. The highest BCUT2D eigenvalue weighted by molar-refractivity contribution is 5.23. The van der Waals surface area contributed by atoms with Crippen LogP contribution in [0.3, 0.4) is 0 Å². The molecule has 0 bridgehead atoms. The Labute approximate surface area is 100 Å². The van der Waals surface area contributed by atoms with E-state index < -0.39 is 11.2 Å². The second-order valence-electron chi connectivity index (χ2n) is 4.75.